The summed E-state index contributed by atoms with van der Waals surface area (Å²) in [4.78, 5) is 22.2. The molecule has 21 heavy (non-hydrogen) atoms. The summed E-state index contributed by atoms with van der Waals surface area (Å²) in [7, 11) is 0. The molecule has 2 aromatic carbocycles. The van der Waals surface area contributed by atoms with Gasteiger partial charge in [0, 0.05) is 21.8 Å². The summed E-state index contributed by atoms with van der Waals surface area (Å²) in [5, 5.41) is 13.2. The molecular weight excluding hydrogens is 343 g/mol. The Morgan fingerprint density at radius 3 is 2.62 bits per heavy atom. The van der Waals surface area contributed by atoms with Gasteiger partial charge in [-0.3, -0.25) is 14.9 Å². The van der Waals surface area contributed by atoms with Gasteiger partial charge in [-0.25, -0.2) is 4.39 Å². The third kappa shape index (κ3) is 3.43. The van der Waals surface area contributed by atoms with Crippen molar-refractivity contribution in [3.8, 4) is 0 Å². The number of nitrogens with zero attached hydrogens (tertiary/aromatic N) is 1. The van der Waals surface area contributed by atoms with Crippen molar-refractivity contribution in [3.05, 3.63) is 67.9 Å². The smallest absolute Gasteiger partial charge is 0.272 e. The number of rotatable bonds is 3. The molecule has 0 atom stereocenters. The van der Waals surface area contributed by atoms with Crippen molar-refractivity contribution in [2.45, 2.75) is 6.92 Å². The van der Waals surface area contributed by atoms with Crippen molar-refractivity contribution in [3.63, 3.8) is 0 Å². The highest BCUT2D eigenvalue weighted by Gasteiger charge is 2.15. The van der Waals surface area contributed by atoms with Crippen LogP contribution in [0.1, 0.15) is 15.9 Å². The van der Waals surface area contributed by atoms with Crippen LogP contribution in [-0.2, 0) is 0 Å². The summed E-state index contributed by atoms with van der Waals surface area (Å²) in [6.07, 6.45) is 0. The molecular formula is C14H10BrFN2O3. The van der Waals surface area contributed by atoms with E-state index in [9.17, 15) is 19.3 Å². The van der Waals surface area contributed by atoms with E-state index in [2.05, 4.69) is 21.2 Å². The number of carbonyl (C=O) groups excluding carboxylic acids is 1. The van der Waals surface area contributed by atoms with Crippen LogP contribution in [0.5, 0.6) is 0 Å². The topological polar surface area (TPSA) is 72.2 Å². The van der Waals surface area contributed by atoms with Gasteiger partial charge in [-0.2, -0.15) is 0 Å². The molecule has 0 fully saturated rings. The van der Waals surface area contributed by atoms with Gasteiger partial charge in [0.05, 0.1) is 10.5 Å². The summed E-state index contributed by atoms with van der Waals surface area (Å²) < 4.78 is 14.2. The zero-order valence-corrected chi connectivity index (χ0v) is 12.5. The Kier molecular flexibility index (Phi) is 4.32. The van der Waals surface area contributed by atoms with Gasteiger partial charge >= 0.3 is 0 Å². The number of aryl methyl sites for hydroxylation is 1. The van der Waals surface area contributed by atoms with Gasteiger partial charge in [0.1, 0.15) is 5.82 Å². The molecule has 0 saturated heterocycles. The lowest BCUT2D eigenvalue weighted by molar-refractivity contribution is -0.385. The van der Waals surface area contributed by atoms with Crippen LogP contribution < -0.4 is 5.32 Å². The van der Waals surface area contributed by atoms with Gasteiger partial charge in [0.25, 0.3) is 11.6 Å². The van der Waals surface area contributed by atoms with Crippen LogP contribution >= 0.6 is 15.9 Å². The van der Waals surface area contributed by atoms with Crippen LogP contribution in [0, 0.1) is 22.9 Å². The number of nitrogens with one attached hydrogen (secondary N) is 1. The Hall–Kier alpha value is -2.28. The lowest BCUT2D eigenvalue weighted by Crippen LogP contribution is -2.14. The average Bonchev–Trinajstić information content (AvgIpc) is 2.41. The van der Waals surface area contributed by atoms with E-state index in [-0.39, 0.29) is 11.3 Å². The lowest BCUT2D eigenvalue weighted by Gasteiger charge is -2.07. The molecule has 0 aliphatic carbocycles. The van der Waals surface area contributed by atoms with Gasteiger partial charge in [-0.05, 0) is 37.3 Å². The first-order chi connectivity index (χ1) is 9.88. The number of carbonyl (C=O) groups is 1. The fourth-order valence-electron chi connectivity index (χ4n) is 1.81. The monoisotopic (exact) mass is 352 g/mol. The summed E-state index contributed by atoms with van der Waals surface area (Å²) in [5.74, 6) is -1.27. The average molecular weight is 353 g/mol. The summed E-state index contributed by atoms with van der Waals surface area (Å²) in [5.41, 5.74) is 0.622. The Balaban J connectivity index is 2.26. The number of nitro groups is 1. The number of nitro benzene ring substituents is 1. The standard InChI is InChI=1S/C14H10BrFN2O3/c1-8-6-10(3-5-13(8)18(20)21)17-14(19)11-7-9(15)2-4-12(11)16/h2-7H,1H3,(H,17,19). The number of anilines is 1. The quantitative estimate of drug-likeness (QED) is 0.668. The van der Waals surface area contributed by atoms with E-state index < -0.39 is 16.6 Å². The first-order valence-corrected chi connectivity index (χ1v) is 6.69. The maximum absolute atomic E-state index is 13.6. The Bertz CT molecular complexity index is 734. The molecule has 0 aromatic heterocycles. The zero-order chi connectivity index (χ0) is 15.6. The zero-order valence-electron chi connectivity index (χ0n) is 10.9. The predicted molar refractivity (Wildman–Crippen MR) is 79.9 cm³/mol. The highest BCUT2D eigenvalue weighted by Crippen LogP contribution is 2.23. The maximum atomic E-state index is 13.6. The van der Waals surface area contributed by atoms with Crippen LogP contribution in [-0.4, -0.2) is 10.8 Å². The molecule has 7 heteroatoms. The van der Waals surface area contributed by atoms with Crippen molar-refractivity contribution in [1.29, 1.82) is 0 Å². The first kappa shape index (κ1) is 15.1. The molecule has 1 amide bonds. The first-order valence-electron chi connectivity index (χ1n) is 5.90. The minimum atomic E-state index is -0.644. The SMILES string of the molecule is Cc1cc(NC(=O)c2cc(Br)ccc2F)ccc1[N+](=O)[O-]. The van der Waals surface area contributed by atoms with Gasteiger partial charge in [-0.15, -0.1) is 0 Å². The second-order valence-corrected chi connectivity index (χ2v) is 5.25. The summed E-state index contributed by atoms with van der Waals surface area (Å²) in [6.45, 7) is 1.56. The Morgan fingerprint density at radius 2 is 2.00 bits per heavy atom. The molecule has 1 N–H and O–H groups in total. The largest absolute Gasteiger partial charge is 0.322 e. The molecule has 0 radical (unpaired) electrons. The van der Waals surface area contributed by atoms with Gasteiger partial charge < -0.3 is 5.32 Å². The van der Waals surface area contributed by atoms with E-state index in [1.165, 1.54) is 36.4 Å². The molecule has 0 spiro atoms. The van der Waals surface area contributed by atoms with E-state index in [0.717, 1.165) is 0 Å². The third-order valence-electron chi connectivity index (χ3n) is 2.82. The van der Waals surface area contributed by atoms with Crippen molar-refractivity contribution < 1.29 is 14.1 Å². The molecule has 5 nitrogen and oxygen atoms in total. The van der Waals surface area contributed by atoms with Crippen molar-refractivity contribution in [1.82, 2.24) is 0 Å². The number of hydrogen-bond acceptors (Lipinski definition) is 3. The molecule has 108 valence electrons. The number of halogens is 2. The van der Waals surface area contributed by atoms with Crippen molar-refractivity contribution in [2.24, 2.45) is 0 Å². The molecule has 0 unspecified atom stereocenters. The predicted octanol–water partition coefficient (Wildman–Crippen LogP) is 4.06. The molecule has 2 rings (SSSR count). The van der Waals surface area contributed by atoms with E-state index in [0.29, 0.717) is 15.7 Å². The van der Waals surface area contributed by atoms with Gasteiger partial charge in [0.2, 0.25) is 0 Å². The molecule has 0 aliphatic rings. The van der Waals surface area contributed by atoms with Crippen LogP contribution in [0.3, 0.4) is 0 Å². The number of amides is 1. The minimum absolute atomic E-state index is 0.0402. The highest BCUT2D eigenvalue weighted by molar-refractivity contribution is 9.10. The molecule has 0 heterocycles. The van der Waals surface area contributed by atoms with E-state index in [1.54, 1.807) is 6.92 Å². The molecule has 0 bridgehead atoms. The van der Waals surface area contributed by atoms with Gasteiger partial charge in [0.15, 0.2) is 0 Å². The van der Waals surface area contributed by atoms with Gasteiger partial charge in [-0.1, -0.05) is 15.9 Å². The number of hydrogen-bond donors (Lipinski definition) is 1. The highest BCUT2D eigenvalue weighted by atomic mass is 79.9. The summed E-state index contributed by atoms with van der Waals surface area (Å²) >= 11 is 3.17. The Labute approximate surface area is 128 Å². The number of benzene rings is 2. The molecule has 0 aliphatic heterocycles. The second kappa shape index (κ2) is 6.01. The fraction of sp³-hybridized carbons (Fsp3) is 0.0714. The van der Waals surface area contributed by atoms with Crippen molar-refractivity contribution in [2.75, 3.05) is 5.32 Å². The van der Waals surface area contributed by atoms with E-state index in [1.807, 2.05) is 0 Å². The lowest BCUT2D eigenvalue weighted by atomic mass is 10.1. The van der Waals surface area contributed by atoms with Crippen LogP contribution in [0.4, 0.5) is 15.8 Å². The fourth-order valence-corrected chi connectivity index (χ4v) is 2.17. The maximum Gasteiger partial charge on any atom is 0.272 e. The summed E-state index contributed by atoms with van der Waals surface area (Å²) in [6, 6.07) is 8.19. The van der Waals surface area contributed by atoms with Crippen molar-refractivity contribution >= 4 is 33.2 Å². The van der Waals surface area contributed by atoms with E-state index in [4.69, 9.17) is 0 Å². The van der Waals surface area contributed by atoms with Crippen LogP contribution in [0.25, 0.3) is 0 Å². The second-order valence-electron chi connectivity index (χ2n) is 4.34. The van der Waals surface area contributed by atoms with Crippen LogP contribution in [0.15, 0.2) is 40.9 Å². The van der Waals surface area contributed by atoms with Crippen LogP contribution in [0.2, 0.25) is 0 Å². The normalized spacial score (nSPS) is 10.2. The van der Waals surface area contributed by atoms with E-state index >= 15 is 0 Å². The molecule has 2 aromatic rings. The Morgan fingerprint density at radius 1 is 1.29 bits per heavy atom. The minimum Gasteiger partial charge on any atom is -0.322 e. The third-order valence-corrected chi connectivity index (χ3v) is 3.32. The molecule has 0 saturated carbocycles.